The molecule has 30 heavy (non-hydrogen) atoms. The largest absolute Gasteiger partial charge is 0.508 e. The molecule has 2 aromatic carbocycles. The van der Waals surface area contributed by atoms with E-state index in [1.54, 1.807) is 6.07 Å². The number of amides is 1. The molecule has 8 heteroatoms. The van der Waals surface area contributed by atoms with E-state index in [0.29, 0.717) is 16.6 Å². The van der Waals surface area contributed by atoms with E-state index in [9.17, 15) is 9.90 Å². The molecule has 4 rings (SSSR count). The van der Waals surface area contributed by atoms with Gasteiger partial charge in [0.2, 0.25) is 5.91 Å². The fraction of sp³-hybridized carbons (Fsp3) is 0.409. The number of nitrogens with zero attached hydrogens (tertiary/aromatic N) is 2. The summed E-state index contributed by atoms with van der Waals surface area (Å²) in [7, 11) is 4.06. The van der Waals surface area contributed by atoms with Crippen LogP contribution < -0.4 is 10.9 Å². The monoisotopic (exact) mass is 448 g/mol. The van der Waals surface area contributed by atoms with Crippen molar-refractivity contribution in [3.05, 3.63) is 63.6 Å². The highest BCUT2D eigenvalue weighted by atomic mass is 35.5. The van der Waals surface area contributed by atoms with Crippen LogP contribution in [0.4, 0.5) is 0 Å². The van der Waals surface area contributed by atoms with E-state index < -0.39 is 0 Å². The molecule has 2 saturated heterocycles. The molecule has 2 heterocycles. The first-order valence-corrected chi connectivity index (χ1v) is 10.8. The van der Waals surface area contributed by atoms with Gasteiger partial charge in [0.1, 0.15) is 11.8 Å². The molecule has 2 aliphatic heterocycles. The van der Waals surface area contributed by atoms with Gasteiger partial charge in [0.15, 0.2) is 0 Å². The number of phenolic OH excluding ortho intramolecular Hbond substituents is 1. The predicted molar refractivity (Wildman–Crippen MR) is 118 cm³/mol. The van der Waals surface area contributed by atoms with Gasteiger partial charge in [0.25, 0.3) is 0 Å². The summed E-state index contributed by atoms with van der Waals surface area (Å²) in [6.45, 7) is 1.57. The first kappa shape index (κ1) is 21.4. The Balaban J connectivity index is 1.71. The lowest BCUT2D eigenvalue weighted by molar-refractivity contribution is -0.130. The van der Waals surface area contributed by atoms with Gasteiger partial charge in [-0.15, -0.1) is 0 Å². The molecule has 4 atom stereocenters. The third-order valence-electron chi connectivity index (χ3n) is 5.96. The predicted octanol–water partition coefficient (Wildman–Crippen LogP) is 3.37. The van der Waals surface area contributed by atoms with E-state index in [1.165, 1.54) is 6.07 Å². The average Bonchev–Trinajstić information content (AvgIpc) is 3.22. The number of carbonyl (C=O) groups is 1. The number of phenols is 1. The van der Waals surface area contributed by atoms with Crippen molar-refractivity contribution in [1.82, 2.24) is 20.7 Å². The van der Waals surface area contributed by atoms with E-state index in [4.69, 9.17) is 23.2 Å². The van der Waals surface area contributed by atoms with Gasteiger partial charge >= 0.3 is 0 Å². The summed E-state index contributed by atoms with van der Waals surface area (Å²) in [5.74, 6) is 0.100. The fourth-order valence-corrected chi connectivity index (χ4v) is 4.90. The first-order chi connectivity index (χ1) is 14.4. The van der Waals surface area contributed by atoms with Gasteiger partial charge in [-0.2, -0.15) is 0 Å². The molecule has 4 unspecified atom stereocenters. The Bertz CT molecular complexity index is 922. The van der Waals surface area contributed by atoms with Gasteiger partial charge in [-0.05, 0) is 56.9 Å². The molecule has 3 N–H and O–H groups in total. The molecule has 2 aromatic rings. The zero-order valence-electron chi connectivity index (χ0n) is 17.0. The number of likely N-dealkylation sites (tertiary alicyclic amines) is 1. The SMILES string of the molecule is CN(C)CCCN1C(=O)C2NNC(c3ccc(Cl)cc3O)C2C1c1ccc(Cl)cc1. The normalized spacial score (nSPS) is 25.9. The number of benzene rings is 2. The summed E-state index contributed by atoms with van der Waals surface area (Å²) < 4.78 is 0. The molecular formula is C22H26Cl2N4O2. The third-order valence-corrected chi connectivity index (χ3v) is 6.44. The smallest absolute Gasteiger partial charge is 0.242 e. The number of fused-ring (bicyclic) bond motifs is 1. The number of hydrazine groups is 1. The number of rotatable bonds is 6. The van der Waals surface area contributed by atoms with Crippen LogP contribution >= 0.6 is 23.2 Å². The number of hydrogen-bond donors (Lipinski definition) is 3. The molecule has 0 aromatic heterocycles. The molecule has 160 valence electrons. The highest BCUT2D eigenvalue weighted by Crippen LogP contribution is 2.48. The number of nitrogens with one attached hydrogen (secondary N) is 2. The molecule has 2 aliphatic rings. The lowest BCUT2D eigenvalue weighted by Gasteiger charge is -2.32. The maximum Gasteiger partial charge on any atom is 0.242 e. The number of carbonyl (C=O) groups excluding carboxylic acids is 1. The minimum absolute atomic E-state index is 0.0714. The van der Waals surface area contributed by atoms with E-state index >= 15 is 0 Å². The molecule has 0 radical (unpaired) electrons. The molecule has 0 aliphatic carbocycles. The van der Waals surface area contributed by atoms with Crippen LogP contribution in [0.1, 0.15) is 29.6 Å². The van der Waals surface area contributed by atoms with Gasteiger partial charge in [-0.3, -0.25) is 4.79 Å². The summed E-state index contributed by atoms with van der Waals surface area (Å²) in [6, 6.07) is 12.1. The van der Waals surface area contributed by atoms with Crippen LogP contribution in [0.25, 0.3) is 0 Å². The van der Waals surface area contributed by atoms with Crippen LogP contribution in [0.2, 0.25) is 10.0 Å². The summed E-state index contributed by atoms with van der Waals surface area (Å²) in [4.78, 5) is 17.4. The van der Waals surface area contributed by atoms with Crippen LogP contribution in [0.3, 0.4) is 0 Å². The van der Waals surface area contributed by atoms with Crippen molar-refractivity contribution in [3.63, 3.8) is 0 Å². The highest BCUT2D eigenvalue weighted by molar-refractivity contribution is 6.30. The van der Waals surface area contributed by atoms with Crippen LogP contribution in [-0.4, -0.2) is 54.0 Å². The molecule has 0 bridgehead atoms. The van der Waals surface area contributed by atoms with Crippen molar-refractivity contribution in [3.8, 4) is 5.75 Å². The number of aromatic hydroxyl groups is 1. The molecular weight excluding hydrogens is 423 g/mol. The van der Waals surface area contributed by atoms with Gasteiger partial charge < -0.3 is 14.9 Å². The van der Waals surface area contributed by atoms with E-state index in [2.05, 4.69) is 15.8 Å². The zero-order valence-corrected chi connectivity index (χ0v) is 18.5. The lowest BCUT2D eigenvalue weighted by Crippen LogP contribution is -2.42. The van der Waals surface area contributed by atoms with E-state index in [0.717, 1.165) is 24.1 Å². The van der Waals surface area contributed by atoms with Crippen molar-refractivity contribution < 1.29 is 9.90 Å². The second-order valence-electron chi connectivity index (χ2n) is 8.21. The number of halogens is 2. The van der Waals surface area contributed by atoms with Crippen molar-refractivity contribution in [2.45, 2.75) is 24.5 Å². The molecule has 0 saturated carbocycles. The van der Waals surface area contributed by atoms with E-state index in [1.807, 2.05) is 49.3 Å². The van der Waals surface area contributed by atoms with Crippen LogP contribution in [0.15, 0.2) is 42.5 Å². The Morgan fingerprint density at radius 3 is 2.37 bits per heavy atom. The maximum absolute atomic E-state index is 13.3. The minimum atomic E-state index is -0.370. The Hall–Kier alpha value is -1.83. The van der Waals surface area contributed by atoms with Crippen molar-refractivity contribution in [1.29, 1.82) is 0 Å². The lowest BCUT2D eigenvalue weighted by atomic mass is 9.83. The Labute approximate surface area is 186 Å². The fourth-order valence-electron chi connectivity index (χ4n) is 4.61. The van der Waals surface area contributed by atoms with Crippen molar-refractivity contribution in [2.75, 3.05) is 27.2 Å². The quantitative estimate of drug-likeness (QED) is 0.631. The summed E-state index contributed by atoms with van der Waals surface area (Å²) in [6.07, 6.45) is 0.882. The van der Waals surface area contributed by atoms with E-state index in [-0.39, 0.29) is 35.7 Å². The number of hydrogen-bond acceptors (Lipinski definition) is 5. The molecule has 2 fully saturated rings. The Kier molecular flexibility index (Phi) is 6.23. The summed E-state index contributed by atoms with van der Waals surface area (Å²) in [5.41, 5.74) is 8.17. The highest BCUT2D eigenvalue weighted by Gasteiger charge is 2.55. The van der Waals surface area contributed by atoms with Crippen LogP contribution in [0, 0.1) is 5.92 Å². The second-order valence-corrected chi connectivity index (χ2v) is 9.08. The first-order valence-electron chi connectivity index (χ1n) is 10.1. The standard InChI is InChI=1S/C22H26Cl2N4O2/c1-27(2)10-3-11-28-21(13-4-6-14(23)7-5-13)18-19(25-26-20(18)22(28)30)16-9-8-15(24)12-17(16)29/h4-9,12,18-21,25-26,29H,3,10-11H2,1-2H3. The molecule has 1 amide bonds. The topological polar surface area (TPSA) is 67.8 Å². The van der Waals surface area contributed by atoms with Gasteiger partial charge in [-0.1, -0.05) is 41.4 Å². The molecule has 0 spiro atoms. The Morgan fingerprint density at radius 1 is 1.03 bits per heavy atom. The maximum atomic E-state index is 13.3. The average molecular weight is 449 g/mol. The van der Waals surface area contributed by atoms with Crippen molar-refractivity contribution >= 4 is 29.1 Å². The third kappa shape index (κ3) is 4.03. The van der Waals surface area contributed by atoms with Crippen molar-refractivity contribution in [2.24, 2.45) is 5.92 Å². The van der Waals surface area contributed by atoms with Gasteiger partial charge in [-0.25, -0.2) is 10.9 Å². The van der Waals surface area contributed by atoms with Gasteiger partial charge in [0, 0.05) is 28.1 Å². The Morgan fingerprint density at radius 2 is 1.70 bits per heavy atom. The van der Waals surface area contributed by atoms with Crippen LogP contribution in [-0.2, 0) is 4.79 Å². The zero-order chi connectivity index (χ0) is 21.4. The molecule has 6 nitrogen and oxygen atoms in total. The summed E-state index contributed by atoms with van der Waals surface area (Å²) >= 11 is 12.1. The van der Waals surface area contributed by atoms with Crippen LogP contribution in [0.5, 0.6) is 5.75 Å². The minimum Gasteiger partial charge on any atom is -0.508 e. The van der Waals surface area contributed by atoms with Gasteiger partial charge in [0.05, 0.1) is 12.1 Å². The summed E-state index contributed by atoms with van der Waals surface area (Å²) in [5, 5.41) is 11.7. The second kappa shape index (κ2) is 8.73.